The van der Waals surface area contributed by atoms with Gasteiger partial charge in [-0.05, 0) is 30.2 Å². The van der Waals surface area contributed by atoms with Gasteiger partial charge < -0.3 is 19.7 Å². The van der Waals surface area contributed by atoms with Crippen molar-refractivity contribution >= 4 is 17.8 Å². The van der Waals surface area contributed by atoms with Gasteiger partial charge in [-0.2, -0.15) is 0 Å². The number of hydrogen-bond donors (Lipinski definition) is 2. The normalized spacial score (nSPS) is 17.5. The molecule has 0 saturated heterocycles. The van der Waals surface area contributed by atoms with Gasteiger partial charge in [0.15, 0.2) is 5.76 Å². The van der Waals surface area contributed by atoms with E-state index >= 15 is 0 Å². The van der Waals surface area contributed by atoms with E-state index in [2.05, 4.69) is 5.32 Å². The van der Waals surface area contributed by atoms with E-state index in [9.17, 15) is 19.5 Å². The quantitative estimate of drug-likeness (QED) is 0.879. The standard InChI is InChI=1S/C18H18N2O5/c1-11(19-16(21)15-7-4-8-25-15)17(22)20-9-12-5-2-3-6-13(12)14(10-20)18(23)24/h2-8,11,14H,9-10H2,1H3,(H,19,21)(H,23,24). The Bertz CT molecular complexity index is 800. The molecule has 130 valence electrons. The van der Waals surface area contributed by atoms with Gasteiger partial charge in [-0.25, -0.2) is 0 Å². The molecule has 0 saturated carbocycles. The topological polar surface area (TPSA) is 99.9 Å². The minimum atomic E-state index is -0.975. The van der Waals surface area contributed by atoms with Crippen molar-refractivity contribution in [3.8, 4) is 0 Å². The van der Waals surface area contributed by atoms with Gasteiger partial charge in [-0.1, -0.05) is 24.3 Å². The van der Waals surface area contributed by atoms with Gasteiger partial charge in [0.1, 0.15) is 6.04 Å². The number of hydrogen-bond acceptors (Lipinski definition) is 4. The molecular weight excluding hydrogens is 324 g/mol. The summed E-state index contributed by atoms with van der Waals surface area (Å²) in [5, 5.41) is 12.0. The molecule has 0 fully saturated rings. The van der Waals surface area contributed by atoms with E-state index in [1.807, 2.05) is 12.1 Å². The summed E-state index contributed by atoms with van der Waals surface area (Å²) in [6.07, 6.45) is 1.38. The zero-order valence-electron chi connectivity index (χ0n) is 13.6. The second kappa shape index (κ2) is 6.80. The van der Waals surface area contributed by atoms with Crippen LogP contribution in [0.25, 0.3) is 0 Å². The highest BCUT2D eigenvalue weighted by atomic mass is 16.4. The van der Waals surface area contributed by atoms with E-state index in [1.165, 1.54) is 17.2 Å². The number of aliphatic carboxylic acids is 1. The Morgan fingerprint density at radius 1 is 1.24 bits per heavy atom. The Morgan fingerprint density at radius 3 is 2.68 bits per heavy atom. The lowest BCUT2D eigenvalue weighted by Crippen LogP contribution is -2.49. The molecule has 0 spiro atoms. The first kappa shape index (κ1) is 16.8. The summed E-state index contributed by atoms with van der Waals surface area (Å²) in [6, 6.07) is 9.49. The summed E-state index contributed by atoms with van der Waals surface area (Å²) in [4.78, 5) is 37.7. The van der Waals surface area contributed by atoms with Gasteiger partial charge in [0.2, 0.25) is 5.91 Å². The Labute approximate surface area is 144 Å². The van der Waals surface area contributed by atoms with Crippen molar-refractivity contribution in [3.63, 3.8) is 0 Å². The molecule has 2 atom stereocenters. The third kappa shape index (κ3) is 3.40. The highest BCUT2D eigenvalue weighted by Gasteiger charge is 2.34. The number of rotatable bonds is 4. The van der Waals surface area contributed by atoms with Crippen LogP contribution in [-0.2, 0) is 16.1 Å². The predicted molar refractivity (Wildman–Crippen MR) is 87.9 cm³/mol. The molecule has 7 nitrogen and oxygen atoms in total. The van der Waals surface area contributed by atoms with Gasteiger partial charge in [-0.3, -0.25) is 14.4 Å². The average Bonchev–Trinajstić information content (AvgIpc) is 3.14. The molecule has 2 heterocycles. The van der Waals surface area contributed by atoms with Crippen LogP contribution in [0.4, 0.5) is 0 Å². The number of carbonyl (C=O) groups excluding carboxylic acids is 2. The van der Waals surface area contributed by atoms with Gasteiger partial charge in [0, 0.05) is 13.1 Å². The van der Waals surface area contributed by atoms with Crippen molar-refractivity contribution in [1.82, 2.24) is 10.2 Å². The predicted octanol–water partition coefficient (Wildman–Crippen LogP) is 1.61. The lowest BCUT2D eigenvalue weighted by Gasteiger charge is -2.34. The molecule has 1 aromatic carbocycles. The zero-order chi connectivity index (χ0) is 18.0. The van der Waals surface area contributed by atoms with Crippen LogP contribution in [0.15, 0.2) is 47.1 Å². The summed E-state index contributed by atoms with van der Waals surface area (Å²) in [7, 11) is 0. The van der Waals surface area contributed by atoms with Gasteiger partial charge in [0.05, 0.1) is 12.2 Å². The minimum absolute atomic E-state index is 0.0755. The molecule has 1 aromatic heterocycles. The maximum absolute atomic E-state index is 12.7. The molecule has 7 heteroatoms. The number of carboxylic acids is 1. The smallest absolute Gasteiger partial charge is 0.312 e. The highest BCUT2D eigenvalue weighted by Crippen LogP contribution is 2.28. The fourth-order valence-electron chi connectivity index (χ4n) is 3.00. The van der Waals surface area contributed by atoms with Crippen LogP contribution in [0.1, 0.15) is 34.5 Å². The van der Waals surface area contributed by atoms with Crippen LogP contribution in [-0.4, -0.2) is 40.4 Å². The number of nitrogens with zero attached hydrogens (tertiary/aromatic N) is 1. The average molecular weight is 342 g/mol. The number of furan rings is 1. The van der Waals surface area contributed by atoms with E-state index in [4.69, 9.17) is 4.42 Å². The minimum Gasteiger partial charge on any atom is -0.481 e. The second-order valence-electron chi connectivity index (χ2n) is 5.98. The van der Waals surface area contributed by atoms with Crippen molar-refractivity contribution in [3.05, 3.63) is 59.5 Å². The zero-order valence-corrected chi connectivity index (χ0v) is 13.6. The number of fused-ring (bicyclic) bond motifs is 1. The first-order valence-corrected chi connectivity index (χ1v) is 7.91. The monoisotopic (exact) mass is 342 g/mol. The van der Waals surface area contributed by atoms with Crippen molar-refractivity contribution in [1.29, 1.82) is 0 Å². The van der Waals surface area contributed by atoms with Crippen molar-refractivity contribution in [2.24, 2.45) is 0 Å². The molecule has 1 aliphatic heterocycles. The van der Waals surface area contributed by atoms with Crippen LogP contribution in [0.5, 0.6) is 0 Å². The summed E-state index contributed by atoms with van der Waals surface area (Å²) in [5.41, 5.74) is 1.53. The van der Waals surface area contributed by atoms with Crippen LogP contribution in [0.3, 0.4) is 0 Å². The van der Waals surface area contributed by atoms with Gasteiger partial charge in [0.25, 0.3) is 5.91 Å². The van der Waals surface area contributed by atoms with Crippen LogP contribution in [0.2, 0.25) is 0 Å². The second-order valence-corrected chi connectivity index (χ2v) is 5.98. The Balaban J connectivity index is 1.74. The van der Waals surface area contributed by atoms with Crippen molar-refractivity contribution < 1.29 is 23.9 Å². The summed E-state index contributed by atoms with van der Waals surface area (Å²) in [5.74, 6) is -2.45. The Kier molecular flexibility index (Phi) is 4.56. The molecular formula is C18H18N2O5. The van der Waals surface area contributed by atoms with E-state index in [0.717, 1.165) is 11.1 Å². The van der Waals surface area contributed by atoms with Crippen LogP contribution < -0.4 is 5.32 Å². The van der Waals surface area contributed by atoms with Crippen molar-refractivity contribution in [2.45, 2.75) is 25.4 Å². The molecule has 0 radical (unpaired) electrons. The molecule has 1 aliphatic rings. The summed E-state index contributed by atoms with van der Waals surface area (Å²) < 4.78 is 5.00. The fourth-order valence-corrected chi connectivity index (χ4v) is 3.00. The summed E-state index contributed by atoms with van der Waals surface area (Å²) >= 11 is 0. The maximum atomic E-state index is 12.7. The lowest BCUT2D eigenvalue weighted by molar-refractivity contribution is -0.141. The largest absolute Gasteiger partial charge is 0.481 e. The Morgan fingerprint density at radius 2 is 2.00 bits per heavy atom. The molecule has 2 aromatic rings. The molecule has 0 bridgehead atoms. The van der Waals surface area contributed by atoms with Crippen molar-refractivity contribution in [2.75, 3.05) is 6.54 Å². The molecule has 2 N–H and O–H groups in total. The van der Waals surface area contributed by atoms with Crippen LogP contribution in [0, 0.1) is 0 Å². The fraction of sp³-hybridized carbons (Fsp3) is 0.278. The van der Waals surface area contributed by atoms with E-state index < -0.39 is 23.8 Å². The van der Waals surface area contributed by atoms with E-state index in [1.54, 1.807) is 25.1 Å². The molecule has 0 aliphatic carbocycles. The first-order chi connectivity index (χ1) is 12.0. The third-order valence-electron chi connectivity index (χ3n) is 4.27. The number of amides is 2. The molecule has 25 heavy (non-hydrogen) atoms. The highest BCUT2D eigenvalue weighted by molar-refractivity contribution is 5.95. The SMILES string of the molecule is CC(NC(=O)c1ccco1)C(=O)N1Cc2ccccc2C(C(=O)O)C1. The van der Waals surface area contributed by atoms with Crippen LogP contribution >= 0.6 is 0 Å². The Hall–Kier alpha value is -3.09. The molecule has 3 rings (SSSR count). The number of carbonyl (C=O) groups is 3. The van der Waals surface area contributed by atoms with Gasteiger partial charge in [-0.15, -0.1) is 0 Å². The summed E-state index contributed by atoms with van der Waals surface area (Å²) in [6.45, 7) is 1.96. The number of carboxylic acid groups (broad SMARTS) is 1. The van der Waals surface area contributed by atoms with E-state index in [0.29, 0.717) is 6.54 Å². The molecule has 2 unspecified atom stereocenters. The third-order valence-corrected chi connectivity index (χ3v) is 4.27. The first-order valence-electron chi connectivity index (χ1n) is 7.91. The number of benzene rings is 1. The molecule has 2 amide bonds. The number of nitrogens with one attached hydrogen (secondary N) is 1. The lowest BCUT2D eigenvalue weighted by atomic mass is 9.89. The van der Waals surface area contributed by atoms with Gasteiger partial charge >= 0.3 is 5.97 Å². The van der Waals surface area contributed by atoms with E-state index in [-0.39, 0.29) is 18.2 Å². The maximum Gasteiger partial charge on any atom is 0.312 e.